The van der Waals surface area contributed by atoms with Crippen LogP contribution < -0.4 is 0 Å². The first kappa shape index (κ1) is 9.84. The lowest BCUT2D eigenvalue weighted by atomic mass is 10.4. The van der Waals surface area contributed by atoms with Crippen molar-refractivity contribution in [1.82, 2.24) is 14.6 Å². The smallest absolute Gasteiger partial charge is 0.195 e. The average molecular weight is 233 g/mol. The number of fused-ring (bicyclic) bond motifs is 1. The Kier molecular flexibility index (Phi) is 2.40. The third-order valence-electron chi connectivity index (χ3n) is 2.76. The zero-order valence-electron chi connectivity index (χ0n) is 8.67. The lowest BCUT2D eigenvalue weighted by Gasteiger charge is -2.04. The molecule has 1 fully saturated rings. The van der Waals surface area contributed by atoms with E-state index in [0.717, 1.165) is 17.2 Å². The molecule has 1 aliphatic rings. The lowest BCUT2D eigenvalue weighted by molar-refractivity contribution is -0.117. The standard InChI is InChI=1S/C11H11N3OS/c15-8-4-5-9(7-8)16-11-13-12-10-3-1-2-6-14(10)11/h1-3,6,9H,4-5,7H2. The highest BCUT2D eigenvalue weighted by Crippen LogP contribution is 2.32. The van der Waals surface area contributed by atoms with Gasteiger partial charge < -0.3 is 0 Å². The molecule has 1 unspecified atom stereocenters. The molecule has 0 amide bonds. The zero-order chi connectivity index (χ0) is 11.0. The van der Waals surface area contributed by atoms with E-state index >= 15 is 0 Å². The minimum Gasteiger partial charge on any atom is -0.300 e. The number of ketones is 1. The summed E-state index contributed by atoms with van der Waals surface area (Å²) in [5, 5.41) is 9.50. The van der Waals surface area contributed by atoms with Gasteiger partial charge in [-0.15, -0.1) is 10.2 Å². The monoisotopic (exact) mass is 233 g/mol. The van der Waals surface area contributed by atoms with Gasteiger partial charge in [0.05, 0.1) is 0 Å². The molecule has 0 aromatic carbocycles. The van der Waals surface area contributed by atoms with Crippen molar-refractivity contribution < 1.29 is 4.79 Å². The normalized spacial score (nSPS) is 20.8. The van der Waals surface area contributed by atoms with E-state index in [-0.39, 0.29) is 0 Å². The zero-order valence-corrected chi connectivity index (χ0v) is 9.48. The number of carbonyl (C=O) groups is 1. The molecule has 2 aromatic rings. The molecule has 2 heterocycles. The first-order chi connectivity index (χ1) is 7.83. The van der Waals surface area contributed by atoms with Crippen LogP contribution in [0.2, 0.25) is 0 Å². The van der Waals surface area contributed by atoms with Crippen molar-refractivity contribution in [3.63, 3.8) is 0 Å². The number of rotatable bonds is 2. The molecule has 0 bridgehead atoms. The Hall–Kier alpha value is -1.36. The molecule has 2 aromatic heterocycles. The van der Waals surface area contributed by atoms with Crippen LogP contribution in [0.1, 0.15) is 19.3 Å². The maximum Gasteiger partial charge on any atom is 0.195 e. The molecule has 5 heteroatoms. The van der Waals surface area contributed by atoms with Crippen LogP contribution in [0.4, 0.5) is 0 Å². The van der Waals surface area contributed by atoms with Crippen LogP contribution in [0, 0.1) is 0 Å². The van der Waals surface area contributed by atoms with Gasteiger partial charge in [0.25, 0.3) is 0 Å². The summed E-state index contributed by atoms with van der Waals surface area (Å²) in [6, 6.07) is 5.83. The number of carbonyl (C=O) groups excluding carboxylic acids is 1. The molecule has 3 rings (SSSR count). The Morgan fingerprint density at radius 1 is 1.38 bits per heavy atom. The predicted octanol–water partition coefficient (Wildman–Crippen LogP) is 1.94. The fourth-order valence-corrected chi connectivity index (χ4v) is 3.09. The molecular weight excluding hydrogens is 222 g/mol. The maximum atomic E-state index is 11.2. The molecule has 0 radical (unpaired) electrons. The Labute approximate surface area is 97.1 Å². The van der Waals surface area contributed by atoms with Crippen molar-refractivity contribution in [3.8, 4) is 0 Å². The minimum absolute atomic E-state index is 0.367. The second-order valence-electron chi connectivity index (χ2n) is 3.93. The van der Waals surface area contributed by atoms with E-state index in [1.165, 1.54) is 0 Å². The van der Waals surface area contributed by atoms with Crippen LogP contribution in [0.3, 0.4) is 0 Å². The fraction of sp³-hybridized carbons (Fsp3) is 0.364. The average Bonchev–Trinajstić information content (AvgIpc) is 2.87. The van der Waals surface area contributed by atoms with Crippen molar-refractivity contribution in [1.29, 1.82) is 0 Å². The Morgan fingerprint density at radius 3 is 3.12 bits per heavy atom. The quantitative estimate of drug-likeness (QED) is 0.795. The summed E-state index contributed by atoms with van der Waals surface area (Å²) >= 11 is 1.66. The molecule has 0 spiro atoms. The molecule has 0 saturated heterocycles. The lowest BCUT2D eigenvalue weighted by Crippen LogP contribution is -1.98. The molecule has 0 aliphatic heterocycles. The number of pyridine rings is 1. The summed E-state index contributed by atoms with van der Waals surface area (Å²) in [5.74, 6) is 0.367. The fourth-order valence-electron chi connectivity index (χ4n) is 1.93. The van der Waals surface area contributed by atoms with E-state index < -0.39 is 0 Å². The van der Waals surface area contributed by atoms with Gasteiger partial charge in [-0.25, -0.2) is 0 Å². The number of aromatic nitrogens is 3. The van der Waals surface area contributed by atoms with E-state index in [2.05, 4.69) is 10.2 Å². The van der Waals surface area contributed by atoms with Gasteiger partial charge in [-0.05, 0) is 18.6 Å². The molecule has 0 N–H and O–H groups in total. The van der Waals surface area contributed by atoms with Gasteiger partial charge in [0.2, 0.25) is 0 Å². The number of thioether (sulfide) groups is 1. The van der Waals surface area contributed by atoms with Gasteiger partial charge in [-0.1, -0.05) is 17.8 Å². The molecule has 4 nitrogen and oxygen atoms in total. The largest absolute Gasteiger partial charge is 0.300 e. The topological polar surface area (TPSA) is 47.3 Å². The van der Waals surface area contributed by atoms with Crippen molar-refractivity contribution >= 4 is 23.2 Å². The van der Waals surface area contributed by atoms with Crippen molar-refractivity contribution in [2.75, 3.05) is 0 Å². The van der Waals surface area contributed by atoms with E-state index in [0.29, 0.717) is 23.9 Å². The Balaban J connectivity index is 1.86. The van der Waals surface area contributed by atoms with Gasteiger partial charge in [-0.2, -0.15) is 0 Å². The van der Waals surface area contributed by atoms with Gasteiger partial charge in [0, 0.05) is 24.3 Å². The SMILES string of the molecule is O=C1CCC(Sc2nnc3ccccn23)C1. The molecular formula is C11H11N3OS. The maximum absolute atomic E-state index is 11.2. The number of Topliss-reactive ketones (excluding diaryl/α,β-unsaturated/α-hetero) is 1. The summed E-state index contributed by atoms with van der Waals surface area (Å²) in [7, 11) is 0. The first-order valence-corrected chi connectivity index (χ1v) is 6.19. The van der Waals surface area contributed by atoms with Crippen molar-refractivity contribution in [2.24, 2.45) is 0 Å². The molecule has 1 aliphatic carbocycles. The summed E-state index contributed by atoms with van der Waals surface area (Å²) < 4.78 is 1.97. The summed E-state index contributed by atoms with van der Waals surface area (Å²) in [6.07, 6.45) is 4.31. The van der Waals surface area contributed by atoms with Gasteiger partial charge >= 0.3 is 0 Å². The summed E-state index contributed by atoms with van der Waals surface area (Å²) in [4.78, 5) is 11.2. The van der Waals surface area contributed by atoms with E-state index in [1.807, 2.05) is 28.8 Å². The van der Waals surface area contributed by atoms with Gasteiger partial charge in [0.15, 0.2) is 10.8 Å². The predicted molar refractivity (Wildman–Crippen MR) is 61.5 cm³/mol. The van der Waals surface area contributed by atoms with Crippen LogP contribution in [0.15, 0.2) is 29.6 Å². The molecule has 16 heavy (non-hydrogen) atoms. The highest BCUT2D eigenvalue weighted by Gasteiger charge is 2.24. The van der Waals surface area contributed by atoms with Crippen LogP contribution in [-0.4, -0.2) is 25.6 Å². The molecule has 82 valence electrons. The third-order valence-corrected chi connectivity index (χ3v) is 3.98. The van der Waals surface area contributed by atoms with Gasteiger partial charge in [-0.3, -0.25) is 9.20 Å². The van der Waals surface area contributed by atoms with Crippen molar-refractivity contribution in [2.45, 2.75) is 29.7 Å². The number of hydrogen-bond donors (Lipinski definition) is 0. The summed E-state index contributed by atoms with van der Waals surface area (Å²) in [5.41, 5.74) is 0.856. The minimum atomic E-state index is 0.367. The highest BCUT2D eigenvalue weighted by atomic mass is 32.2. The Bertz CT molecular complexity index is 537. The molecule has 1 saturated carbocycles. The van der Waals surface area contributed by atoms with E-state index in [9.17, 15) is 4.79 Å². The number of hydrogen-bond acceptors (Lipinski definition) is 4. The van der Waals surface area contributed by atoms with Crippen LogP contribution in [-0.2, 0) is 4.79 Å². The summed E-state index contributed by atoms with van der Waals surface area (Å²) in [6.45, 7) is 0. The second kappa shape index (κ2) is 3.90. The second-order valence-corrected chi connectivity index (χ2v) is 5.20. The van der Waals surface area contributed by atoms with Crippen LogP contribution in [0.5, 0.6) is 0 Å². The number of nitrogens with zero attached hydrogens (tertiary/aromatic N) is 3. The first-order valence-electron chi connectivity index (χ1n) is 5.31. The van der Waals surface area contributed by atoms with E-state index in [4.69, 9.17) is 0 Å². The highest BCUT2D eigenvalue weighted by molar-refractivity contribution is 7.99. The Morgan fingerprint density at radius 2 is 2.31 bits per heavy atom. The third kappa shape index (κ3) is 1.71. The van der Waals surface area contributed by atoms with Crippen LogP contribution in [0.25, 0.3) is 5.65 Å². The van der Waals surface area contributed by atoms with Crippen LogP contribution >= 0.6 is 11.8 Å². The molecule has 1 atom stereocenters. The van der Waals surface area contributed by atoms with Crippen molar-refractivity contribution in [3.05, 3.63) is 24.4 Å². The van der Waals surface area contributed by atoms with E-state index in [1.54, 1.807) is 11.8 Å². The van der Waals surface area contributed by atoms with Gasteiger partial charge in [0.1, 0.15) is 5.78 Å².